The van der Waals surface area contributed by atoms with Crippen LogP contribution in [0.4, 0.5) is 28.9 Å². The molecule has 0 saturated carbocycles. The Morgan fingerprint density at radius 1 is 1.21 bits per heavy atom. The molecule has 0 radical (unpaired) electrons. The van der Waals surface area contributed by atoms with E-state index in [2.05, 4.69) is 22.5 Å². The molecule has 3 atom stereocenters. The molecule has 3 aromatic rings. The standard InChI is InChI=1S/C30H34F4N4O4/c1-19(39)16-37-13-11-25(23(31)17-37)36-24-7-5-8-27-22(24)15-21(38(27)18-30(32,33)34)6-3-4-12-35-26-10-9-20(29(40)41)14-28(26)42-2/h5,7-10,14-15,19,23,25,35-36,39H,4,11-13,16-18H2,1-2H3,(H,40,41)/t19?,23-,25+/m0/s1. The van der Waals surface area contributed by atoms with Gasteiger partial charge in [-0.3, -0.25) is 4.90 Å². The number of fused-ring (bicyclic) bond motifs is 1. The van der Waals surface area contributed by atoms with Crippen molar-refractivity contribution in [1.29, 1.82) is 0 Å². The van der Waals surface area contributed by atoms with Crippen LogP contribution >= 0.6 is 0 Å². The maximum Gasteiger partial charge on any atom is 0.406 e. The number of aliphatic hydroxyl groups is 1. The van der Waals surface area contributed by atoms with Crippen molar-refractivity contribution < 1.29 is 37.3 Å². The number of ether oxygens (including phenoxy) is 1. The van der Waals surface area contributed by atoms with Crippen molar-refractivity contribution in [3.63, 3.8) is 0 Å². The highest BCUT2D eigenvalue weighted by Crippen LogP contribution is 2.32. The van der Waals surface area contributed by atoms with Crippen molar-refractivity contribution in [3.8, 4) is 17.6 Å². The van der Waals surface area contributed by atoms with Crippen LogP contribution in [0.5, 0.6) is 5.75 Å². The topological polar surface area (TPSA) is 99.0 Å². The number of carboxylic acids is 1. The number of aromatic carboxylic acids is 1. The summed E-state index contributed by atoms with van der Waals surface area (Å²) in [4.78, 5) is 13.0. The lowest BCUT2D eigenvalue weighted by Crippen LogP contribution is -2.49. The molecule has 1 fully saturated rings. The van der Waals surface area contributed by atoms with Crippen molar-refractivity contribution in [2.75, 3.05) is 43.9 Å². The lowest BCUT2D eigenvalue weighted by atomic mass is 10.0. The molecule has 8 nitrogen and oxygen atoms in total. The summed E-state index contributed by atoms with van der Waals surface area (Å²) in [5.41, 5.74) is 1.70. The van der Waals surface area contributed by atoms with Gasteiger partial charge in [0.25, 0.3) is 0 Å². The first-order valence-electron chi connectivity index (χ1n) is 13.6. The number of hydrogen-bond donors (Lipinski definition) is 4. The molecule has 4 N–H and O–H groups in total. The Labute approximate surface area is 241 Å². The molecule has 2 heterocycles. The van der Waals surface area contributed by atoms with E-state index < -0.39 is 37.0 Å². The second-order valence-electron chi connectivity index (χ2n) is 10.3. The largest absolute Gasteiger partial charge is 0.495 e. The number of aliphatic hydroxyl groups excluding tert-OH is 1. The number of aromatic nitrogens is 1. The van der Waals surface area contributed by atoms with Crippen molar-refractivity contribution in [2.45, 2.75) is 50.8 Å². The molecule has 12 heteroatoms. The number of methoxy groups -OCH3 is 1. The van der Waals surface area contributed by atoms with Crippen LogP contribution in [0.15, 0.2) is 42.5 Å². The molecule has 0 spiro atoms. The molecule has 1 saturated heterocycles. The second kappa shape index (κ2) is 13.4. The number of anilines is 2. The van der Waals surface area contributed by atoms with Gasteiger partial charge in [0.15, 0.2) is 0 Å². The highest BCUT2D eigenvalue weighted by atomic mass is 19.4. The van der Waals surface area contributed by atoms with Crippen LogP contribution in [-0.2, 0) is 6.54 Å². The molecule has 1 unspecified atom stereocenters. The van der Waals surface area contributed by atoms with Crippen molar-refractivity contribution in [2.24, 2.45) is 0 Å². The van der Waals surface area contributed by atoms with Gasteiger partial charge in [0.1, 0.15) is 18.5 Å². The van der Waals surface area contributed by atoms with Crippen molar-refractivity contribution in [3.05, 3.63) is 53.7 Å². The van der Waals surface area contributed by atoms with Crippen LogP contribution in [0.3, 0.4) is 0 Å². The molecule has 1 aliphatic heterocycles. The monoisotopic (exact) mass is 590 g/mol. The van der Waals surface area contributed by atoms with Crippen molar-refractivity contribution >= 4 is 28.2 Å². The van der Waals surface area contributed by atoms with Crippen LogP contribution in [0.25, 0.3) is 10.9 Å². The van der Waals surface area contributed by atoms with E-state index in [1.807, 2.05) is 4.90 Å². The van der Waals surface area contributed by atoms with Crippen molar-refractivity contribution in [1.82, 2.24) is 9.47 Å². The fourth-order valence-corrected chi connectivity index (χ4v) is 5.12. The predicted molar refractivity (Wildman–Crippen MR) is 153 cm³/mol. The number of halogens is 4. The van der Waals surface area contributed by atoms with Crippen LogP contribution in [0.2, 0.25) is 0 Å². The molecular weight excluding hydrogens is 556 g/mol. The van der Waals surface area contributed by atoms with Crippen LogP contribution < -0.4 is 15.4 Å². The Balaban J connectivity index is 1.51. The smallest absolute Gasteiger partial charge is 0.406 e. The molecule has 4 rings (SSSR count). The second-order valence-corrected chi connectivity index (χ2v) is 10.3. The van der Waals surface area contributed by atoms with Crippen LogP contribution in [-0.4, -0.2) is 83.4 Å². The van der Waals surface area contributed by atoms with Gasteiger partial charge in [-0.25, -0.2) is 9.18 Å². The number of nitrogens with one attached hydrogen (secondary N) is 2. The average molecular weight is 591 g/mol. The molecule has 42 heavy (non-hydrogen) atoms. The number of carbonyl (C=O) groups is 1. The van der Waals surface area contributed by atoms with E-state index in [9.17, 15) is 23.1 Å². The highest BCUT2D eigenvalue weighted by Gasteiger charge is 2.32. The minimum atomic E-state index is -4.48. The van der Waals surface area contributed by atoms with E-state index >= 15 is 4.39 Å². The normalized spacial score (nSPS) is 18.3. The molecule has 226 valence electrons. The zero-order valence-electron chi connectivity index (χ0n) is 23.3. The highest BCUT2D eigenvalue weighted by molar-refractivity contribution is 5.94. The first-order chi connectivity index (χ1) is 19.9. The Morgan fingerprint density at radius 3 is 2.67 bits per heavy atom. The number of benzene rings is 2. The Kier molecular flexibility index (Phi) is 9.85. The molecule has 0 amide bonds. The summed E-state index contributed by atoms with van der Waals surface area (Å²) in [5.74, 6) is 5.03. The number of β-amino-alcohol motifs (C(OH)–C–C–N with tert-alkyl or cyclic N) is 1. The third kappa shape index (κ3) is 7.86. The zero-order chi connectivity index (χ0) is 30.4. The zero-order valence-corrected chi connectivity index (χ0v) is 23.3. The number of likely N-dealkylation sites (tertiary alicyclic amines) is 1. The maximum atomic E-state index is 15.0. The summed E-state index contributed by atoms with van der Waals surface area (Å²) in [6.45, 7) is 1.90. The van der Waals surface area contributed by atoms with E-state index in [0.29, 0.717) is 54.1 Å². The summed E-state index contributed by atoms with van der Waals surface area (Å²) < 4.78 is 62.0. The minimum absolute atomic E-state index is 0.0763. The third-order valence-corrected chi connectivity index (χ3v) is 7.00. The van der Waals surface area contributed by atoms with Gasteiger partial charge < -0.3 is 30.2 Å². The van der Waals surface area contributed by atoms with Gasteiger partial charge in [0, 0.05) is 43.7 Å². The summed E-state index contributed by atoms with van der Waals surface area (Å²) in [6, 6.07) is 10.4. The van der Waals surface area contributed by atoms with Gasteiger partial charge in [-0.2, -0.15) is 13.2 Å². The summed E-state index contributed by atoms with van der Waals surface area (Å²) in [5, 5.41) is 25.6. The minimum Gasteiger partial charge on any atom is -0.495 e. The number of hydrogen-bond acceptors (Lipinski definition) is 6. The van der Waals surface area contributed by atoms with Gasteiger partial charge in [-0.05, 0) is 55.7 Å². The molecule has 0 aliphatic carbocycles. The quantitative estimate of drug-likeness (QED) is 0.150. The van der Waals surface area contributed by atoms with Crippen LogP contribution in [0.1, 0.15) is 35.8 Å². The Hall–Kier alpha value is -3.95. The third-order valence-electron chi connectivity index (χ3n) is 7.00. The van der Waals surface area contributed by atoms with Gasteiger partial charge in [-0.1, -0.05) is 12.0 Å². The predicted octanol–water partition coefficient (Wildman–Crippen LogP) is 4.97. The Bertz CT molecular complexity index is 1460. The van der Waals surface area contributed by atoms with Crippen LogP contribution in [0, 0.1) is 11.8 Å². The van der Waals surface area contributed by atoms with E-state index in [1.54, 1.807) is 37.3 Å². The number of alkyl halides is 4. The lowest BCUT2D eigenvalue weighted by molar-refractivity contribution is -0.140. The number of nitrogens with zero attached hydrogens (tertiary/aromatic N) is 2. The maximum absolute atomic E-state index is 15.0. The van der Waals surface area contributed by atoms with Gasteiger partial charge in [-0.15, -0.1) is 0 Å². The SMILES string of the molecule is COc1cc(C(=O)O)ccc1NCCC#Cc1cc2c(N[C@@H]3CCN(CC(C)O)C[C@@H]3F)cccc2n1CC(F)(F)F. The van der Waals surface area contributed by atoms with Gasteiger partial charge >= 0.3 is 12.1 Å². The molecular formula is C30H34F4N4O4. The number of piperidine rings is 1. The molecule has 2 aromatic carbocycles. The molecule has 0 bridgehead atoms. The van der Waals surface area contributed by atoms with Gasteiger partial charge in [0.2, 0.25) is 0 Å². The summed E-state index contributed by atoms with van der Waals surface area (Å²) in [7, 11) is 1.42. The fraction of sp³-hybridized carbons (Fsp3) is 0.433. The van der Waals surface area contributed by atoms with E-state index in [4.69, 9.17) is 9.84 Å². The van der Waals surface area contributed by atoms with Gasteiger partial charge in [0.05, 0.1) is 41.7 Å². The number of rotatable bonds is 10. The fourth-order valence-electron chi connectivity index (χ4n) is 5.12. The Morgan fingerprint density at radius 2 is 2.00 bits per heavy atom. The lowest BCUT2D eigenvalue weighted by Gasteiger charge is -2.36. The average Bonchev–Trinajstić information content (AvgIpc) is 3.26. The van der Waals surface area contributed by atoms with E-state index in [-0.39, 0.29) is 24.2 Å². The summed E-state index contributed by atoms with van der Waals surface area (Å²) in [6.07, 6.45) is -5.48. The first-order valence-corrected chi connectivity index (χ1v) is 13.6. The molecule has 1 aliphatic rings. The van der Waals surface area contributed by atoms with E-state index in [1.165, 1.54) is 19.2 Å². The number of carboxylic acid groups (broad SMARTS) is 1. The molecule has 1 aromatic heterocycles. The van der Waals surface area contributed by atoms with E-state index in [0.717, 1.165) is 4.57 Å². The summed E-state index contributed by atoms with van der Waals surface area (Å²) >= 11 is 0. The first kappa shape index (κ1) is 31.0.